The molecule has 0 radical (unpaired) electrons. The van der Waals surface area contributed by atoms with Crippen LogP contribution in [0.5, 0.6) is 5.75 Å². The first-order chi connectivity index (χ1) is 14.9. The van der Waals surface area contributed by atoms with Crippen LogP contribution in [0.3, 0.4) is 0 Å². The lowest BCUT2D eigenvalue weighted by Crippen LogP contribution is -2.10. The molecule has 0 aliphatic carbocycles. The second kappa shape index (κ2) is 8.66. The van der Waals surface area contributed by atoms with E-state index in [2.05, 4.69) is 15.3 Å². The number of fused-ring (bicyclic) bond motifs is 1. The van der Waals surface area contributed by atoms with E-state index in [1.807, 2.05) is 13.0 Å². The first-order valence-electron chi connectivity index (χ1n) is 9.29. The lowest BCUT2D eigenvalue weighted by Gasteiger charge is -2.16. The van der Waals surface area contributed by atoms with Gasteiger partial charge in [-0.3, -0.25) is 4.40 Å². The summed E-state index contributed by atoms with van der Waals surface area (Å²) in [5.74, 6) is 0.417. The Morgan fingerprint density at radius 3 is 2.74 bits per heavy atom. The molecule has 162 valence electrons. The van der Waals surface area contributed by atoms with E-state index in [1.165, 1.54) is 35.7 Å². The monoisotopic (exact) mass is 481 g/mol. The topological polar surface area (TPSA) is 77.5 Å². The number of hydrogen-bond donors (Lipinski definition) is 1. The fourth-order valence-corrected chi connectivity index (χ4v) is 4.53. The number of benzene rings is 1. The molecular weight excluding hydrogens is 464 g/mol. The van der Waals surface area contributed by atoms with Crippen molar-refractivity contribution in [1.29, 1.82) is 0 Å². The standard InChI is InChI=1S/C20H18Cl2FN5O2S/c1-4-31-20-24-9-11-5-6-12(21)18(27(11)20)19(29)17-10(2)28(26-25-17)15-7-13(22)16(30-3)8-14(15)23/h5-9,19,29H,4H2,1-3H3/t19-/m0/s1. The van der Waals surface area contributed by atoms with Crippen molar-refractivity contribution < 1.29 is 14.2 Å². The van der Waals surface area contributed by atoms with E-state index in [9.17, 15) is 9.50 Å². The number of nitrogens with zero attached hydrogens (tertiary/aromatic N) is 5. The third-order valence-corrected chi connectivity index (χ3v) is 6.26. The number of halogens is 3. The van der Waals surface area contributed by atoms with E-state index in [4.69, 9.17) is 27.9 Å². The Kier molecular flexibility index (Phi) is 6.11. The molecule has 1 N–H and O–H groups in total. The number of aliphatic hydroxyl groups excluding tert-OH is 1. The van der Waals surface area contributed by atoms with Gasteiger partial charge in [-0.05, 0) is 30.9 Å². The van der Waals surface area contributed by atoms with Gasteiger partial charge >= 0.3 is 0 Å². The molecular formula is C20H18Cl2FN5O2S. The molecule has 0 unspecified atom stereocenters. The second-order valence-corrected chi connectivity index (χ2v) is 8.66. The quantitative estimate of drug-likeness (QED) is 0.395. The molecule has 1 atom stereocenters. The van der Waals surface area contributed by atoms with Crippen molar-refractivity contribution in [2.45, 2.75) is 25.1 Å². The maximum atomic E-state index is 14.7. The van der Waals surface area contributed by atoms with Crippen molar-refractivity contribution in [1.82, 2.24) is 24.4 Å². The fraction of sp³-hybridized carbons (Fsp3) is 0.250. The van der Waals surface area contributed by atoms with Crippen LogP contribution in [0.25, 0.3) is 11.2 Å². The normalized spacial score (nSPS) is 12.5. The molecule has 0 saturated carbocycles. The van der Waals surface area contributed by atoms with Crippen LogP contribution in [-0.4, -0.2) is 42.3 Å². The van der Waals surface area contributed by atoms with Crippen molar-refractivity contribution >= 4 is 40.5 Å². The largest absolute Gasteiger partial charge is 0.495 e. The van der Waals surface area contributed by atoms with Crippen molar-refractivity contribution in [2.75, 3.05) is 12.9 Å². The van der Waals surface area contributed by atoms with Crippen molar-refractivity contribution in [3.63, 3.8) is 0 Å². The molecule has 0 fully saturated rings. The highest BCUT2D eigenvalue weighted by atomic mass is 35.5. The van der Waals surface area contributed by atoms with Gasteiger partial charge in [0.05, 0.1) is 40.3 Å². The molecule has 0 spiro atoms. The molecule has 0 saturated heterocycles. The Morgan fingerprint density at radius 2 is 2.03 bits per heavy atom. The molecule has 0 bridgehead atoms. The highest BCUT2D eigenvalue weighted by molar-refractivity contribution is 7.99. The molecule has 11 heteroatoms. The summed E-state index contributed by atoms with van der Waals surface area (Å²) in [5.41, 5.74) is 1.96. The minimum Gasteiger partial charge on any atom is -0.495 e. The lowest BCUT2D eigenvalue weighted by atomic mass is 10.1. The van der Waals surface area contributed by atoms with Gasteiger partial charge in [-0.25, -0.2) is 14.1 Å². The highest BCUT2D eigenvalue weighted by Crippen LogP contribution is 2.34. The summed E-state index contributed by atoms with van der Waals surface area (Å²) in [6.07, 6.45) is 0.496. The molecule has 0 aliphatic rings. The number of aromatic nitrogens is 5. The minimum absolute atomic E-state index is 0.0865. The zero-order chi connectivity index (χ0) is 22.3. The number of thioether (sulfide) groups is 1. The molecule has 3 heterocycles. The number of rotatable bonds is 6. The third kappa shape index (κ3) is 3.76. The fourth-order valence-electron chi connectivity index (χ4n) is 3.33. The maximum absolute atomic E-state index is 14.7. The zero-order valence-electron chi connectivity index (χ0n) is 16.8. The number of pyridine rings is 1. The van der Waals surface area contributed by atoms with Gasteiger partial charge in [0, 0.05) is 6.07 Å². The number of ether oxygens (including phenoxy) is 1. The summed E-state index contributed by atoms with van der Waals surface area (Å²) in [5, 5.41) is 20.7. The van der Waals surface area contributed by atoms with Crippen LogP contribution in [0.15, 0.2) is 35.6 Å². The summed E-state index contributed by atoms with van der Waals surface area (Å²) in [4.78, 5) is 4.41. The third-order valence-electron chi connectivity index (χ3n) is 4.81. The predicted octanol–water partition coefficient (Wildman–Crippen LogP) is 4.87. The second-order valence-electron chi connectivity index (χ2n) is 6.61. The van der Waals surface area contributed by atoms with Gasteiger partial charge in [-0.2, -0.15) is 0 Å². The number of imidazole rings is 1. The molecule has 3 aromatic heterocycles. The van der Waals surface area contributed by atoms with E-state index in [0.717, 1.165) is 11.3 Å². The minimum atomic E-state index is -1.22. The van der Waals surface area contributed by atoms with Gasteiger partial charge in [0.2, 0.25) is 0 Å². The Labute approximate surface area is 191 Å². The Bertz CT molecular complexity index is 1280. The molecule has 0 aliphatic heterocycles. The molecule has 4 aromatic rings. The van der Waals surface area contributed by atoms with E-state index in [1.54, 1.807) is 23.6 Å². The summed E-state index contributed by atoms with van der Waals surface area (Å²) in [6.45, 7) is 3.69. The van der Waals surface area contributed by atoms with Crippen LogP contribution < -0.4 is 4.74 Å². The van der Waals surface area contributed by atoms with Crippen molar-refractivity contribution in [3.8, 4) is 11.4 Å². The average Bonchev–Trinajstić information content (AvgIpc) is 3.33. The number of hydrogen-bond acceptors (Lipinski definition) is 6. The summed E-state index contributed by atoms with van der Waals surface area (Å²) < 4.78 is 22.8. The average molecular weight is 482 g/mol. The SMILES string of the molecule is CCSc1ncc2ccc(Cl)c([C@@H](O)c3nnn(-c4cc(Cl)c(OC)cc4F)c3C)n12. The molecule has 0 amide bonds. The van der Waals surface area contributed by atoms with Crippen LogP contribution >= 0.6 is 35.0 Å². The van der Waals surface area contributed by atoms with Crippen LogP contribution in [0.2, 0.25) is 10.0 Å². The van der Waals surface area contributed by atoms with Crippen molar-refractivity contribution in [3.05, 3.63) is 63.4 Å². The summed E-state index contributed by atoms with van der Waals surface area (Å²) in [7, 11) is 1.40. The molecule has 1 aromatic carbocycles. The van der Waals surface area contributed by atoms with Crippen LogP contribution in [0.4, 0.5) is 4.39 Å². The predicted molar refractivity (Wildman–Crippen MR) is 118 cm³/mol. The van der Waals surface area contributed by atoms with Crippen LogP contribution in [0.1, 0.15) is 30.1 Å². The van der Waals surface area contributed by atoms with Gasteiger partial charge in [0.15, 0.2) is 11.0 Å². The van der Waals surface area contributed by atoms with Crippen molar-refractivity contribution in [2.24, 2.45) is 0 Å². The molecule has 4 rings (SSSR count). The van der Waals surface area contributed by atoms with Gasteiger partial charge in [-0.15, -0.1) is 5.10 Å². The van der Waals surface area contributed by atoms with Crippen LogP contribution in [0, 0.1) is 12.7 Å². The Morgan fingerprint density at radius 1 is 1.26 bits per heavy atom. The maximum Gasteiger partial charge on any atom is 0.172 e. The first kappa shape index (κ1) is 21.9. The van der Waals surface area contributed by atoms with E-state index in [-0.39, 0.29) is 22.2 Å². The number of aliphatic hydroxyl groups is 1. The van der Waals surface area contributed by atoms with E-state index in [0.29, 0.717) is 21.6 Å². The Balaban J connectivity index is 1.83. The first-order valence-corrected chi connectivity index (χ1v) is 11.0. The summed E-state index contributed by atoms with van der Waals surface area (Å²) in [6, 6.07) is 6.09. The summed E-state index contributed by atoms with van der Waals surface area (Å²) >= 11 is 14.2. The van der Waals surface area contributed by atoms with Crippen LogP contribution in [-0.2, 0) is 0 Å². The molecule has 31 heavy (non-hydrogen) atoms. The van der Waals surface area contributed by atoms with Gasteiger partial charge < -0.3 is 9.84 Å². The van der Waals surface area contributed by atoms with E-state index >= 15 is 0 Å². The highest BCUT2D eigenvalue weighted by Gasteiger charge is 2.26. The smallest absolute Gasteiger partial charge is 0.172 e. The lowest BCUT2D eigenvalue weighted by molar-refractivity contribution is 0.207. The van der Waals surface area contributed by atoms with Gasteiger partial charge in [0.1, 0.15) is 23.2 Å². The molecule has 7 nitrogen and oxygen atoms in total. The zero-order valence-corrected chi connectivity index (χ0v) is 19.1. The van der Waals surface area contributed by atoms with E-state index < -0.39 is 11.9 Å². The van der Waals surface area contributed by atoms with Gasteiger partial charge in [-0.1, -0.05) is 47.1 Å². The Hall–Kier alpha value is -2.33. The van der Waals surface area contributed by atoms with Gasteiger partial charge in [0.25, 0.3) is 0 Å². The number of methoxy groups -OCH3 is 1.